The van der Waals surface area contributed by atoms with Gasteiger partial charge in [-0.2, -0.15) is 0 Å². The van der Waals surface area contributed by atoms with Crippen molar-refractivity contribution in [2.45, 2.75) is 25.7 Å². The predicted octanol–water partition coefficient (Wildman–Crippen LogP) is 1.14. The van der Waals surface area contributed by atoms with E-state index < -0.39 is 11.9 Å². The van der Waals surface area contributed by atoms with E-state index in [-0.39, 0.29) is 12.1 Å². The van der Waals surface area contributed by atoms with Crippen LogP contribution in [0.3, 0.4) is 0 Å². The number of primary amides is 1. The molecule has 0 spiro atoms. The smallest absolute Gasteiger partial charge is 0.323 e. The van der Waals surface area contributed by atoms with Crippen LogP contribution in [0.5, 0.6) is 0 Å². The first-order valence-electron chi connectivity index (χ1n) is 6.93. The summed E-state index contributed by atoms with van der Waals surface area (Å²) in [6, 6.07) is 1.76. The van der Waals surface area contributed by atoms with Crippen molar-refractivity contribution < 1.29 is 14.7 Å². The van der Waals surface area contributed by atoms with Gasteiger partial charge in [0.2, 0.25) is 0 Å². The van der Waals surface area contributed by atoms with Gasteiger partial charge in [-0.3, -0.25) is 9.59 Å². The van der Waals surface area contributed by atoms with Gasteiger partial charge in [0, 0.05) is 12.2 Å². The molecule has 0 saturated heterocycles. The van der Waals surface area contributed by atoms with Crippen LogP contribution >= 0.6 is 0 Å². The number of nitrogens with two attached hydrogens (primary N) is 1. The van der Waals surface area contributed by atoms with Gasteiger partial charge in [0.25, 0.3) is 5.91 Å². The van der Waals surface area contributed by atoms with E-state index in [1.165, 1.54) is 4.90 Å². The topological polar surface area (TPSA) is 96.5 Å². The molecule has 21 heavy (non-hydrogen) atoms. The lowest BCUT2D eigenvalue weighted by atomic mass is 9.94. The number of fused-ring (bicyclic) bond motifs is 1. The van der Waals surface area contributed by atoms with Crippen LogP contribution in [0.2, 0.25) is 0 Å². The first-order valence-corrected chi connectivity index (χ1v) is 6.93. The molecule has 0 radical (unpaired) electrons. The molecule has 0 aromatic carbocycles. The van der Waals surface area contributed by atoms with Crippen molar-refractivity contribution in [2.75, 3.05) is 18.0 Å². The molecule has 112 valence electrons. The zero-order valence-electron chi connectivity index (χ0n) is 11.8. The molecular formula is C15H19N3O3. The number of pyridine rings is 1. The number of carboxylic acids is 1. The molecule has 6 heteroatoms. The number of carboxylic acid groups (broad SMARTS) is 1. The second kappa shape index (κ2) is 6.39. The fourth-order valence-corrected chi connectivity index (χ4v) is 2.59. The molecule has 6 nitrogen and oxygen atoms in total. The molecular weight excluding hydrogens is 270 g/mol. The Morgan fingerprint density at radius 1 is 1.43 bits per heavy atom. The minimum atomic E-state index is -0.994. The van der Waals surface area contributed by atoms with Crippen molar-refractivity contribution in [1.29, 1.82) is 0 Å². The Kier molecular flexibility index (Phi) is 4.57. The number of rotatable bonds is 6. The Morgan fingerprint density at radius 3 is 2.76 bits per heavy atom. The van der Waals surface area contributed by atoms with E-state index in [1.54, 1.807) is 12.1 Å². The molecule has 0 unspecified atom stereocenters. The van der Waals surface area contributed by atoms with Crippen LogP contribution in [0.1, 0.15) is 34.5 Å². The number of carbonyl (C=O) groups is 2. The molecule has 1 heterocycles. The van der Waals surface area contributed by atoms with Crippen molar-refractivity contribution in [3.05, 3.63) is 35.5 Å². The van der Waals surface area contributed by atoms with Crippen LogP contribution < -0.4 is 10.6 Å². The first kappa shape index (κ1) is 15.0. The van der Waals surface area contributed by atoms with Crippen molar-refractivity contribution >= 4 is 17.7 Å². The van der Waals surface area contributed by atoms with Gasteiger partial charge in [-0.05, 0) is 37.3 Å². The number of aromatic nitrogens is 1. The summed E-state index contributed by atoms with van der Waals surface area (Å²) in [5.74, 6) is -1.25. The Morgan fingerprint density at radius 2 is 2.14 bits per heavy atom. The van der Waals surface area contributed by atoms with Crippen molar-refractivity contribution in [2.24, 2.45) is 5.73 Å². The second-order valence-corrected chi connectivity index (χ2v) is 5.10. The highest BCUT2D eigenvalue weighted by Crippen LogP contribution is 2.26. The van der Waals surface area contributed by atoms with E-state index in [1.807, 2.05) is 0 Å². The number of aryl methyl sites for hydroxylation is 2. The number of aliphatic carboxylic acids is 1. The maximum atomic E-state index is 11.7. The number of anilines is 1. The monoisotopic (exact) mass is 289 g/mol. The van der Waals surface area contributed by atoms with Gasteiger partial charge in [-0.25, -0.2) is 4.98 Å². The standard InChI is InChI=1S/C15H19N3O3/c1-2-7-18(9-13(19)20)15-11(14(16)21)8-10-5-3-4-6-12(10)17-15/h2,8H,1,3-7,9H2,(H2,16,21)(H,19,20). The van der Waals surface area contributed by atoms with Crippen LogP contribution in [0, 0.1) is 0 Å². The number of hydrogen-bond acceptors (Lipinski definition) is 4. The zero-order valence-corrected chi connectivity index (χ0v) is 11.8. The van der Waals surface area contributed by atoms with Gasteiger partial charge in [-0.15, -0.1) is 6.58 Å². The highest BCUT2D eigenvalue weighted by Gasteiger charge is 2.22. The minimum absolute atomic E-state index is 0.252. The number of nitrogens with zero attached hydrogens (tertiary/aromatic N) is 2. The summed E-state index contributed by atoms with van der Waals surface area (Å²) in [6.45, 7) is 3.65. The minimum Gasteiger partial charge on any atom is -0.480 e. The van der Waals surface area contributed by atoms with E-state index in [0.717, 1.165) is 36.9 Å². The van der Waals surface area contributed by atoms with Crippen LogP contribution in [-0.2, 0) is 17.6 Å². The summed E-state index contributed by atoms with van der Waals surface area (Å²) in [4.78, 5) is 28.7. The van der Waals surface area contributed by atoms with E-state index in [9.17, 15) is 9.59 Å². The summed E-state index contributed by atoms with van der Waals surface area (Å²) < 4.78 is 0. The van der Waals surface area contributed by atoms with E-state index >= 15 is 0 Å². The maximum Gasteiger partial charge on any atom is 0.323 e. The summed E-state index contributed by atoms with van der Waals surface area (Å²) in [5, 5.41) is 9.02. The fraction of sp³-hybridized carbons (Fsp3) is 0.400. The van der Waals surface area contributed by atoms with Gasteiger partial charge in [0.15, 0.2) is 0 Å². The molecule has 1 aromatic heterocycles. The summed E-state index contributed by atoms with van der Waals surface area (Å²) >= 11 is 0. The Hall–Kier alpha value is -2.37. The lowest BCUT2D eigenvalue weighted by Crippen LogP contribution is -2.33. The third kappa shape index (κ3) is 3.39. The molecule has 2 rings (SSSR count). The first-order chi connectivity index (χ1) is 10.0. The molecule has 0 bridgehead atoms. The highest BCUT2D eigenvalue weighted by atomic mass is 16.4. The van der Waals surface area contributed by atoms with Gasteiger partial charge in [0.05, 0.1) is 5.56 Å². The molecule has 1 aromatic rings. The molecule has 1 amide bonds. The molecule has 1 aliphatic rings. The average Bonchev–Trinajstić information content (AvgIpc) is 2.45. The van der Waals surface area contributed by atoms with Gasteiger partial charge in [-0.1, -0.05) is 6.08 Å². The van der Waals surface area contributed by atoms with Gasteiger partial charge >= 0.3 is 5.97 Å². The lowest BCUT2D eigenvalue weighted by molar-refractivity contribution is -0.135. The Balaban J connectivity index is 2.49. The summed E-state index contributed by atoms with van der Waals surface area (Å²) in [6.07, 6.45) is 5.42. The van der Waals surface area contributed by atoms with Gasteiger partial charge < -0.3 is 15.7 Å². The third-order valence-electron chi connectivity index (χ3n) is 3.52. The Bertz CT molecular complexity index is 584. The number of carbonyl (C=O) groups excluding carboxylic acids is 1. The largest absolute Gasteiger partial charge is 0.480 e. The molecule has 0 saturated carbocycles. The quantitative estimate of drug-likeness (QED) is 0.765. The molecule has 0 fully saturated rings. The normalized spacial score (nSPS) is 13.3. The van der Waals surface area contributed by atoms with Crippen molar-refractivity contribution in [3.8, 4) is 0 Å². The lowest BCUT2D eigenvalue weighted by Gasteiger charge is -2.25. The number of hydrogen-bond donors (Lipinski definition) is 2. The van der Waals surface area contributed by atoms with E-state index in [0.29, 0.717) is 12.4 Å². The van der Waals surface area contributed by atoms with Crippen LogP contribution in [-0.4, -0.2) is 35.1 Å². The fourth-order valence-electron chi connectivity index (χ4n) is 2.59. The van der Waals surface area contributed by atoms with Crippen LogP contribution in [0.25, 0.3) is 0 Å². The predicted molar refractivity (Wildman–Crippen MR) is 79.4 cm³/mol. The average molecular weight is 289 g/mol. The SMILES string of the molecule is C=CCN(CC(=O)O)c1nc2c(cc1C(N)=O)CCCC2. The van der Waals surface area contributed by atoms with Gasteiger partial charge in [0.1, 0.15) is 12.4 Å². The second-order valence-electron chi connectivity index (χ2n) is 5.10. The van der Waals surface area contributed by atoms with E-state index in [2.05, 4.69) is 11.6 Å². The van der Waals surface area contributed by atoms with Crippen LogP contribution in [0.4, 0.5) is 5.82 Å². The summed E-state index contributed by atoms with van der Waals surface area (Å²) in [5.41, 5.74) is 7.68. The highest BCUT2D eigenvalue weighted by molar-refractivity contribution is 5.98. The number of amides is 1. The van der Waals surface area contributed by atoms with Crippen molar-refractivity contribution in [3.63, 3.8) is 0 Å². The molecule has 1 aliphatic carbocycles. The van der Waals surface area contributed by atoms with Crippen LogP contribution in [0.15, 0.2) is 18.7 Å². The zero-order chi connectivity index (χ0) is 15.4. The van der Waals surface area contributed by atoms with E-state index in [4.69, 9.17) is 10.8 Å². The molecule has 0 atom stereocenters. The van der Waals surface area contributed by atoms with Crippen molar-refractivity contribution in [1.82, 2.24) is 4.98 Å². The Labute approximate surface area is 123 Å². The summed E-state index contributed by atoms with van der Waals surface area (Å²) in [7, 11) is 0. The molecule has 0 aliphatic heterocycles. The molecule has 3 N–H and O–H groups in total. The third-order valence-corrected chi connectivity index (χ3v) is 3.52. The maximum absolute atomic E-state index is 11.7.